The lowest BCUT2D eigenvalue weighted by atomic mass is 10.7. The molecule has 0 bridgehead atoms. The van der Waals surface area contributed by atoms with Crippen molar-refractivity contribution in [3.8, 4) is 0 Å². The summed E-state index contributed by atoms with van der Waals surface area (Å²) in [4.78, 5) is 7.76. The van der Waals surface area contributed by atoms with Crippen LogP contribution in [0.25, 0.3) is 12.4 Å². The molecule has 0 N–H and O–H groups in total. The van der Waals surface area contributed by atoms with Gasteiger partial charge in [0.2, 0.25) is 0 Å². The molecule has 4 heteroatoms. The molecule has 15 heavy (non-hydrogen) atoms. The summed E-state index contributed by atoms with van der Waals surface area (Å²) in [5, 5.41) is 0. The molecule has 0 saturated heterocycles. The molecule has 0 atom stereocenters. The molecule has 0 radical (unpaired) electrons. The Hall–Kier alpha value is -2.10. The molecule has 0 aliphatic heterocycles. The third kappa shape index (κ3) is 3.27. The summed E-state index contributed by atoms with van der Waals surface area (Å²) in [6.07, 6.45) is 12.2. The number of aromatic nitrogens is 4. The van der Waals surface area contributed by atoms with E-state index in [-0.39, 0.29) is 0 Å². The zero-order valence-electron chi connectivity index (χ0n) is 8.74. The predicted molar refractivity (Wildman–Crippen MR) is 62.0 cm³/mol. The van der Waals surface area contributed by atoms with Gasteiger partial charge in [-0.05, 0) is 6.92 Å². The molecule has 0 spiro atoms. The first-order chi connectivity index (χ1) is 7.27. The van der Waals surface area contributed by atoms with Crippen LogP contribution in [0.1, 0.15) is 5.82 Å². The number of hydrogen-bond acceptors (Lipinski definition) is 2. The lowest BCUT2D eigenvalue weighted by Crippen LogP contribution is -1.84. The van der Waals surface area contributed by atoms with Crippen LogP contribution in [0.4, 0.5) is 0 Å². The van der Waals surface area contributed by atoms with Crippen molar-refractivity contribution in [2.24, 2.45) is 0 Å². The lowest BCUT2D eigenvalue weighted by Gasteiger charge is -1.90. The van der Waals surface area contributed by atoms with Crippen LogP contribution >= 0.6 is 0 Å². The Morgan fingerprint density at radius 2 is 2.00 bits per heavy atom. The third-order valence-corrected chi connectivity index (χ3v) is 1.79. The Bertz CT molecular complexity index is 411. The fourth-order valence-electron chi connectivity index (χ4n) is 0.958. The molecule has 0 aliphatic carbocycles. The Labute approximate surface area is 89.2 Å². The minimum absolute atomic E-state index is 0.972. The highest BCUT2D eigenvalue weighted by Crippen LogP contribution is 1.92. The van der Waals surface area contributed by atoms with E-state index in [1.807, 2.05) is 23.9 Å². The summed E-state index contributed by atoms with van der Waals surface area (Å²) in [6.45, 7) is 9.05. The van der Waals surface area contributed by atoms with Gasteiger partial charge in [0.05, 0.1) is 6.33 Å². The van der Waals surface area contributed by atoms with Crippen molar-refractivity contribution >= 4 is 12.4 Å². The average Bonchev–Trinajstić information content (AvgIpc) is 2.88. The summed E-state index contributed by atoms with van der Waals surface area (Å²) in [5.41, 5.74) is 0. The molecule has 2 aromatic rings. The first-order valence-corrected chi connectivity index (χ1v) is 4.50. The van der Waals surface area contributed by atoms with Gasteiger partial charge in [0.1, 0.15) is 5.82 Å². The molecule has 0 fully saturated rings. The average molecular weight is 202 g/mol. The Kier molecular flexibility index (Phi) is 4.09. The Morgan fingerprint density at radius 3 is 2.27 bits per heavy atom. The summed E-state index contributed by atoms with van der Waals surface area (Å²) >= 11 is 0. The molecule has 0 saturated carbocycles. The highest BCUT2D eigenvalue weighted by molar-refractivity contribution is 5.18. The first-order valence-electron chi connectivity index (χ1n) is 4.50. The molecule has 0 unspecified atom stereocenters. The zero-order chi connectivity index (χ0) is 11.1. The smallest absolute Gasteiger partial charge is 0.109 e. The van der Waals surface area contributed by atoms with E-state index in [4.69, 9.17) is 0 Å². The first kappa shape index (κ1) is 11.0. The van der Waals surface area contributed by atoms with Crippen LogP contribution < -0.4 is 0 Å². The number of nitrogens with zero attached hydrogens (tertiary/aromatic N) is 4. The van der Waals surface area contributed by atoms with Gasteiger partial charge in [-0.2, -0.15) is 0 Å². The van der Waals surface area contributed by atoms with Crippen LogP contribution in [0.3, 0.4) is 0 Å². The second kappa shape index (κ2) is 5.59. The standard InChI is InChI=1S/C6H8N2.C5H6N2/c1-3-8-5-4-7-6(8)2;1-2-7-4-3-6-5-7/h3-5H,1H2,2H3;2-5H,1H2. The SMILES string of the molecule is C=Cn1ccnc1.C=Cn1ccnc1C. The molecule has 2 aromatic heterocycles. The molecular formula is C11H14N4. The minimum Gasteiger partial charge on any atom is -0.314 e. The highest BCUT2D eigenvalue weighted by Gasteiger charge is 1.86. The van der Waals surface area contributed by atoms with Crippen molar-refractivity contribution < 1.29 is 0 Å². The van der Waals surface area contributed by atoms with Crippen molar-refractivity contribution in [3.05, 3.63) is 50.1 Å². The maximum absolute atomic E-state index is 3.98. The van der Waals surface area contributed by atoms with E-state index in [1.54, 1.807) is 35.7 Å². The minimum atomic E-state index is 0.972. The molecular weight excluding hydrogens is 188 g/mol. The van der Waals surface area contributed by atoms with E-state index in [9.17, 15) is 0 Å². The van der Waals surface area contributed by atoms with Crippen molar-refractivity contribution in [1.82, 2.24) is 19.1 Å². The van der Waals surface area contributed by atoms with Crippen LogP contribution in [0, 0.1) is 6.92 Å². The Balaban J connectivity index is 0.000000151. The van der Waals surface area contributed by atoms with Crippen LogP contribution in [-0.4, -0.2) is 19.1 Å². The topological polar surface area (TPSA) is 35.6 Å². The molecule has 0 amide bonds. The quantitative estimate of drug-likeness (QED) is 0.749. The summed E-state index contributed by atoms with van der Waals surface area (Å²) in [6, 6.07) is 0. The van der Waals surface area contributed by atoms with Gasteiger partial charge in [0.25, 0.3) is 0 Å². The van der Waals surface area contributed by atoms with Crippen molar-refractivity contribution in [3.63, 3.8) is 0 Å². The molecule has 2 rings (SSSR count). The van der Waals surface area contributed by atoms with E-state index < -0.39 is 0 Å². The van der Waals surface area contributed by atoms with Gasteiger partial charge in [-0.25, -0.2) is 9.97 Å². The summed E-state index contributed by atoms with van der Waals surface area (Å²) in [7, 11) is 0. The van der Waals surface area contributed by atoms with Gasteiger partial charge in [-0.3, -0.25) is 0 Å². The molecule has 2 heterocycles. The largest absolute Gasteiger partial charge is 0.314 e. The van der Waals surface area contributed by atoms with Crippen LogP contribution in [-0.2, 0) is 0 Å². The second-order valence-electron chi connectivity index (χ2n) is 2.76. The summed E-state index contributed by atoms with van der Waals surface area (Å²) in [5.74, 6) is 0.972. The predicted octanol–water partition coefficient (Wildman–Crippen LogP) is 2.28. The molecule has 78 valence electrons. The van der Waals surface area contributed by atoms with Crippen LogP contribution in [0.15, 0.2) is 44.3 Å². The number of hydrogen-bond donors (Lipinski definition) is 0. The Morgan fingerprint density at radius 1 is 1.20 bits per heavy atom. The highest BCUT2D eigenvalue weighted by atomic mass is 15.0. The molecule has 0 aromatic carbocycles. The fourth-order valence-corrected chi connectivity index (χ4v) is 0.958. The van der Waals surface area contributed by atoms with Gasteiger partial charge < -0.3 is 9.13 Å². The van der Waals surface area contributed by atoms with Crippen molar-refractivity contribution in [1.29, 1.82) is 0 Å². The van der Waals surface area contributed by atoms with E-state index in [2.05, 4.69) is 23.1 Å². The van der Waals surface area contributed by atoms with Crippen LogP contribution in [0.2, 0.25) is 0 Å². The van der Waals surface area contributed by atoms with Gasteiger partial charge in [0.15, 0.2) is 0 Å². The monoisotopic (exact) mass is 202 g/mol. The normalized spacial score (nSPS) is 8.87. The van der Waals surface area contributed by atoms with E-state index in [0.29, 0.717) is 0 Å². The molecule has 0 aliphatic rings. The third-order valence-electron chi connectivity index (χ3n) is 1.79. The zero-order valence-corrected chi connectivity index (χ0v) is 8.74. The number of rotatable bonds is 2. The van der Waals surface area contributed by atoms with Gasteiger partial charge in [-0.15, -0.1) is 0 Å². The maximum atomic E-state index is 3.98. The lowest BCUT2D eigenvalue weighted by molar-refractivity contribution is 1.03. The second-order valence-corrected chi connectivity index (χ2v) is 2.76. The van der Waals surface area contributed by atoms with Crippen LogP contribution in [0.5, 0.6) is 0 Å². The number of aryl methyl sites for hydroxylation is 1. The maximum Gasteiger partial charge on any atom is 0.109 e. The van der Waals surface area contributed by atoms with E-state index in [0.717, 1.165) is 5.82 Å². The van der Waals surface area contributed by atoms with Crippen molar-refractivity contribution in [2.45, 2.75) is 6.92 Å². The van der Waals surface area contributed by atoms with Gasteiger partial charge in [0, 0.05) is 37.2 Å². The van der Waals surface area contributed by atoms with Gasteiger partial charge in [-0.1, -0.05) is 13.2 Å². The fraction of sp³-hybridized carbons (Fsp3) is 0.0909. The van der Waals surface area contributed by atoms with Gasteiger partial charge >= 0.3 is 0 Å². The number of imidazole rings is 2. The molecule has 4 nitrogen and oxygen atoms in total. The summed E-state index contributed by atoms with van der Waals surface area (Å²) < 4.78 is 3.64. The van der Waals surface area contributed by atoms with E-state index >= 15 is 0 Å². The van der Waals surface area contributed by atoms with E-state index in [1.165, 1.54) is 0 Å². The van der Waals surface area contributed by atoms with Crippen molar-refractivity contribution in [2.75, 3.05) is 0 Å².